The molecule has 0 saturated heterocycles. The molecule has 26 heavy (non-hydrogen) atoms. The van der Waals surface area contributed by atoms with Crippen LogP contribution in [0.1, 0.15) is 61.8 Å². The van der Waals surface area contributed by atoms with E-state index >= 15 is 0 Å². The fourth-order valence-corrected chi connectivity index (χ4v) is 4.36. The zero-order valence-corrected chi connectivity index (χ0v) is 16.6. The van der Waals surface area contributed by atoms with Gasteiger partial charge in [0.1, 0.15) is 5.03 Å². The van der Waals surface area contributed by atoms with Crippen LogP contribution in [0.2, 0.25) is 5.02 Å². The van der Waals surface area contributed by atoms with Crippen molar-refractivity contribution < 1.29 is 4.79 Å². The fraction of sp³-hybridized carbons (Fsp3) is 0.474. The highest BCUT2D eigenvalue weighted by atomic mass is 35.5. The number of benzene rings is 1. The van der Waals surface area contributed by atoms with Crippen molar-refractivity contribution in [1.82, 2.24) is 14.5 Å². The second-order valence-corrected chi connectivity index (χ2v) is 8.53. The van der Waals surface area contributed by atoms with E-state index in [4.69, 9.17) is 11.6 Å². The SMILES string of the molecule is CC(C)n1ccc(SNC(=O)Nc2c(C3CC3)cc(Cl)c3c2CCC3)n1. The van der Waals surface area contributed by atoms with E-state index < -0.39 is 0 Å². The maximum Gasteiger partial charge on any atom is 0.329 e. The summed E-state index contributed by atoms with van der Waals surface area (Å²) in [5.74, 6) is 0.531. The topological polar surface area (TPSA) is 59.0 Å². The zero-order valence-electron chi connectivity index (χ0n) is 15.0. The Morgan fingerprint density at radius 2 is 2.12 bits per heavy atom. The number of hydrogen-bond donors (Lipinski definition) is 2. The summed E-state index contributed by atoms with van der Waals surface area (Å²) >= 11 is 7.71. The summed E-state index contributed by atoms with van der Waals surface area (Å²) in [6, 6.07) is 4.06. The Hall–Kier alpha value is -1.66. The van der Waals surface area contributed by atoms with Crippen LogP contribution >= 0.6 is 23.5 Å². The first kappa shape index (κ1) is 17.7. The summed E-state index contributed by atoms with van der Waals surface area (Å²) in [4.78, 5) is 12.5. The number of fused-ring (bicyclic) bond motifs is 1. The van der Waals surface area contributed by atoms with E-state index in [0.29, 0.717) is 12.0 Å². The average molecular weight is 391 g/mol. The number of urea groups is 1. The van der Waals surface area contributed by atoms with Crippen LogP contribution in [0, 0.1) is 0 Å². The Bertz CT molecular complexity index is 844. The highest BCUT2D eigenvalue weighted by molar-refractivity contribution is 7.97. The number of halogens is 1. The van der Waals surface area contributed by atoms with Crippen LogP contribution in [-0.2, 0) is 12.8 Å². The van der Waals surface area contributed by atoms with Gasteiger partial charge in [0.25, 0.3) is 0 Å². The molecule has 0 radical (unpaired) electrons. The van der Waals surface area contributed by atoms with Crippen molar-refractivity contribution >= 4 is 35.3 Å². The van der Waals surface area contributed by atoms with Gasteiger partial charge in [-0.1, -0.05) is 11.6 Å². The molecule has 0 bridgehead atoms. The summed E-state index contributed by atoms with van der Waals surface area (Å²) in [7, 11) is 0. The number of nitrogens with zero attached hydrogens (tertiary/aromatic N) is 2. The van der Waals surface area contributed by atoms with Crippen LogP contribution in [0.5, 0.6) is 0 Å². The molecule has 7 heteroatoms. The lowest BCUT2D eigenvalue weighted by molar-refractivity contribution is 0.257. The third-order valence-corrected chi connectivity index (χ3v) is 6.05. The molecular formula is C19H23ClN4OS. The summed E-state index contributed by atoms with van der Waals surface area (Å²) in [6.45, 7) is 4.14. The third kappa shape index (κ3) is 3.58. The van der Waals surface area contributed by atoms with E-state index in [-0.39, 0.29) is 6.03 Å². The molecule has 0 atom stereocenters. The Morgan fingerprint density at radius 3 is 2.81 bits per heavy atom. The molecule has 138 valence electrons. The van der Waals surface area contributed by atoms with Crippen LogP contribution in [0.25, 0.3) is 0 Å². The molecule has 0 spiro atoms. The molecule has 0 aliphatic heterocycles. The van der Waals surface area contributed by atoms with E-state index in [1.807, 2.05) is 16.9 Å². The number of aromatic nitrogens is 2. The fourth-order valence-electron chi connectivity index (χ4n) is 3.52. The second kappa shape index (κ2) is 7.16. The largest absolute Gasteiger partial charge is 0.329 e. The van der Waals surface area contributed by atoms with Crippen LogP contribution in [0.3, 0.4) is 0 Å². The molecule has 2 aliphatic carbocycles. The van der Waals surface area contributed by atoms with Crippen molar-refractivity contribution in [1.29, 1.82) is 0 Å². The maximum atomic E-state index is 12.5. The van der Waals surface area contributed by atoms with E-state index in [2.05, 4.69) is 35.1 Å². The standard InChI is InChI=1S/C19H23ClN4OS/c1-11(2)24-9-8-17(22-24)26-23-19(25)21-18-14-5-3-4-13(14)16(20)10-15(18)12-6-7-12/h8-12H,3-7H2,1-2H3,(H2,21,23,25). The molecule has 4 rings (SSSR count). The van der Waals surface area contributed by atoms with Gasteiger partial charge >= 0.3 is 6.03 Å². The summed E-state index contributed by atoms with van der Waals surface area (Å²) in [5, 5.41) is 9.16. The normalized spacial score (nSPS) is 16.0. The molecule has 0 unspecified atom stereocenters. The average Bonchev–Trinajstić information content (AvgIpc) is 3.13. The smallest absolute Gasteiger partial charge is 0.307 e. The number of rotatable bonds is 5. The lowest BCUT2D eigenvalue weighted by Crippen LogP contribution is -2.24. The van der Waals surface area contributed by atoms with Crippen LogP contribution < -0.4 is 10.0 Å². The highest BCUT2D eigenvalue weighted by Crippen LogP contribution is 2.48. The lowest BCUT2D eigenvalue weighted by Gasteiger charge is -2.17. The van der Waals surface area contributed by atoms with Gasteiger partial charge in [0.2, 0.25) is 0 Å². The van der Waals surface area contributed by atoms with Crippen molar-refractivity contribution in [2.75, 3.05) is 5.32 Å². The van der Waals surface area contributed by atoms with Crippen molar-refractivity contribution in [3.05, 3.63) is 40.0 Å². The number of amides is 2. The van der Waals surface area contributed by atoms with E-state index in [1.54, 1.807) is 0 Å². The Balaban J connectivity index is 1.48. The van der Waals surface area contributed by atoms with Crippen molar-refractivity contribution in [2.45, 2.75) is 62.9 Å². The van der Waals surface area contributed by atoms with Crippen molar-refractivity contribution in [2.24, 2.45) is 0 Å². The first-order valence-corrected chi connectivity index (χ1v) is 10.4. The molecule has 1 fully saturated rings. The lowest BCUT2D eigenvalue weighted by atomic mass is 9.99. The molecule has 2 amide bonds. The molecule has 2 aliphatic rings. The number of nitrogens with one attached hydrogen (secondary N) is 2. The van der Waals surface area contributed by atoms with Gasteiger partial charge in [-0.2, -0.15) is 5.10 Å². The first-order valence-electron chi connectivity index (χ1n) is 9.16. The number of anilines is 1. The van der Waals surface area contributed by atoms with E-state index in [9.17, 15) is 4.79 Å². The van der Waals surface area contributed by atoms with Gasteiger partial charge in [-0.25, -0.2) is 4.79 Å². The summed E-state index contributed by atoms with van der Waals surface area (Å²) in [6.07, 6.45) is 7.35. The number of hydrogen-bond acceptors (Lipinski definition) is 3. The molecule has 1 saturated carbocycles. The predicted octanol–water partition coefficient (Wildman–Crippen LogP) is 5.31. The van der Waals surface area contributed by atoms with Gasteiger partial charge in [0.15, 0.2) is 0 Å². The molecule has 1 aromatic carbocycles. The van der Waals surface area contributed by atoms with Gasteiger partial charge < -0.3 is 5.32 Å². The molecular weight excluding hydrogens is 368 g/mol. The second-order valence-electron chi connectivity index (χ2n) is 7.29. The minimum Gasteiger partial charge on any atom is -0.307 e. The minimum atomic E-state index is -0.215. The molecule has 2 N–H and O–H groups in total. The maximum absolute atomic E-state index is 12.5. The van der Waals surface area contributed by atoms with Gasteiger partial charge in [0.05, 0.1) is 0 Å². The molecule has 5 nitrogen and oxygen atoms in total. The van der Waals surface area contributed by atoms with Crippen LogP contribution in [0.15, 0.2) is 23.4 Å². The number of carbonyl (C=O) groups excluding carboxylic acids is 1. The van der Waals surface area contributed by atoms with E-state index in [1.165, 1.54) is 41.5 Å². The highest BCUT2D eigenvalue weighted by Gasteiger charge is 2.31. The number of carbonyl (C=O) groups is 1. The third-order valence-electron chi connectivity index (χ3n) is 5.00. The molecule has 1 aromatic heterocycles. The monoisotopic (exact) mass is 390 g/mol. The zero-order chi connectivity index (χ0) is 18.3. The Labute approximate surface area is 163 Å². The van der Waals surface area contributed by atoms with Crippen molar-refractivity contribution in [3.63, 3.8) is 0 Å². The van der Waals surface area contributed by atoms with Crippen LogP contribution in [0.4, 0.5) is 10.5 Å². The van der Waals surface area contributed by atoms with Gasteiger partial charge in [-0.05, 0) is 80.7 Å². The summed E-state index contributed by atoms with van der Waals surface area (Å²) in [5.41, 5.74) is 4.61. The van der Waals surface area contributed by atoms with Crippen LogP contribution in [-0.4, -0.2) is 15.8 Å². The van der Waals surface area contributed by atoms with Gasteiger partial charge in [-0.15, -0.1) is 0 Å². The Morgan fingerprint density at radius 1 is 1.35 bits per heavy atom. The van der Waals surface area contributed by atoms with Crippen molar-refractivity contribution in [3.8, 4) is 0 Å². The van der Waals surface area contributed by atoms with E-state index in [0.717, 1.165) is 35.0 Å². The van der Waals surface area contributed by atoms with Gasteiger partial charge in [0, 0.05) is 34.9 Å². The summed E-state index contributed by atoms with van der Waals surface area (Å²) < 4.78 is 4.72. The van der Waals surface area contributed by atoms with Gasteiger partial charge in [-0.3, -0.25) is 9.40 Å². The quantitative estimate of drug-likeness (QED) is 0.680. The minimum absolute atomic E-state index is 0.215. The first-order chi connectivity index (χ1) is 12.5. The Kier molecular flexibility index (Phi) is 4.88. The molecule has 1 heterocycles. The predicted molar refractivity (Wildman–Crippen MR) is 106 cm³/mol. The molecule has 2 aromatic rings.